The first kappa shape index (κ1) is 23.5. The van der Waals surface area contributed by atoms with Gasteiger partial charge in [-0.2, -0.15) is 9.47 Å². The molecule has 1 aromatic carbocycles. The van der Waals surface area contributed by atoms with Crippen molar-refractivity contribution in [3.8, 4) is 5.69 Å². The van der Waals surface area contributed by atoms with Crippen molar-refractivity contribution in [2.75, 3.05) is 37.6 Å². The summed E-state index contributed by atoms with van der Waals surface area (Å²) in [6.45, 7) is 9.32. The van der Waals surface area contributed by atoms with E-state index >= 15 is 0 Å². The lowest BCUT2D eigenvalue weighted by molar-refractivity contribution is 0.372. The monoisotopic (exact) mass is 552 g/mol. The third-order valence-electron chi connectivity index (χ3n) is 5.10. The fourth-order valence-electron chi connectivity index (χ4n) is 3.49. The van der Waals surface area contributed by atoms with Crippen LogP contribution >= 0.6 is 35.5 Å². The van der Waals surface area contributed by atoms with E-state index < -0.39 is 0 Å². The highest BCUT2D eigenvalue weighted by Gasteiger charge is 2.22. The molecule has 0 spiro atoms. The fourth-order valence-corrected chi connectivity index (χ4v) is 4.29. The molecule has 1 N–H and O–H groups in total. The van der Waals surface area contributed by atoms with Crippen LogP contribution in [-0.2, 0) is 13.0 Å². The number of hydrogen-bond acceptors (Lipinski definition) is 6. The van der Waals surface area contributed by atoms with E-state index in [0.717, 1.165) is 67.3 Å². The second-order valence-electron chi connectivity index (χ2n) is 7.07. The van der Waals surface area contributed by atoms with Crippen LogP contribution in [0, 0.1) is 0 Å². The summed E-state index contributed by atoms with van der Waals surface area (Å²) in [5.74, 6) is 1.89. The lowest BCUT2D eigenvalue weighted by atomic mass is 10.2. The van der Waals surface area contributed by atoms with E-state index in [1.807, 2.05) is 23.0 Å². The summed E-state index contributed by atoms with van der Waals surface area (Å²) in [5, 5.41) is 8.86. The van der Waals surface area contributed by atoms with Gasteiger partial charge in [-0.3, -0.25) is 0 Å². The molecule has 0 amide bonds. The van der Waals surface area contributed by atoms with Gasteiger partial charge in [-0.25, -0.2) is 14.7 Å². The highest BCUT2D eigenvalue weighted by atomic mass is 127. The molecule has 0 radical (unpaired) electrons. The lowest BCUT2D eigenvalue weighted by Crippen LogP contribution is -2.52. The lowest BCUT2D eigenvalue weighted by Gasteiger charge is -2.36. The molecule has 1 aliphatic rings. The van der Waals surface area contributed by atoms with Crippen LogP contribution in [0.2, 0.25) is 0 Å². The Balaban J connectivity index is 0.00000272. The first-order valence-electron chi connectivity index (χ1n) is 10.5. The highest BCUT2D eigenvalue weighted by Crippen LogP contribution is 2.20. The topological polar surface area (TPSA) is 74.5 Å². The third-order valence-corrected chi connectivity index (χ3v) is 5.92. The number of para-hydroxylation sites is 1. The number of nitrogens with one attached hydrogen (secondary N) is 1. The van der Waals surface area contributed by atoms with Crippen molar-refractivity contribution >= 4 is 46.6 Å². The summed E-state index contributed by atoms with van der Waals surface area (Å²) in [5.41, 5.74) is 2.21. The van der Waals surface area contributed by atoms with Gasteiger partial charge in [0.15, 0.2) is 5.96 Å². The minimum absolute atomic E-state index is 0. The minimum Gasteiger partial charge on any atom is -0.357 e. The molecular weight excluding hydrogens is 523 g/mol. The molecule has 4 rings (SSSR count). The summed E-state index contributed by atoms with van der Waals surface area (Å²) >= 11 is 1.50. The van der Waals surface area contributed by atoms with E-state index in [0.29, 0.717) is 6.54 Å². The molecule has 2 aromatic heterocycles. The number of halogens is 1. The average molecular weight is 552 g/mol. The van der Waals surface area contributed by atoms with E-state index in [1.54, 1.807) is 6.20 Å². The molecule has 8 nitrogen and oxygen atoms in total. The normalized spacial score (nSPS) is 14.5. The van der Waals surface area contributed by atoms with Crippen LogP contribution in [0.15, 0.2) is 47.7 Å². The quantitative estimate of drug-likeness (QED) is 0.288. The molecule has 1 aliphatic heterocycles. The Bertz CT molecular complexity index is 963. The number of rotatable bonds is 6. The average Bonchev–Trinajstić information content (AvgIpc) is 3.49. The summed E-state index contributed by atoms with van der Waals surface area (Å²) in [7, 11) is 0. The molecule has 3 heterocycles. The molecule has 1 saturated heterocycles. The number of hydrogen-bond donors (Lipinski definition) is 1. The van der Waals surface area contributed by atoms with Gasteiger partial charge < -0.3 is 15.1 Å². The number of aromatic nitrogens is 4. The smallest absolute Gasteiger partial charge is 0.205 e. The van der Waals surface area contributed by atoms with Gasteiger partial charge in [0, 0.05) is 63.1 Å². The molecule has 0 bridgehead atoms. The Labute approximate surface area is 204 Å². The van der Waals surface area contributed by atoms with Crippen molar-refractivity contribution in [3.05, 3.63) is 54.1 Å². The SMILES string of the molecule is CCNC(=NCc1ccccc1-n1cccn1)N1CCN(c2nc(CC)ns2)CC1.I. The Morgan fingerprint density at radius 1 is 1.13 bits per heavy atom. The Kier molecular flexibility index (Phi) is 8.64. The second-order valence-corrected chi connectivity index (χ2v) is 7.80. The van der Waals surface area contributed by atoms with Crippen LogP contribution in [0.1, 0.15) is 25.2 Å². The van der Waals surface area contributed by atoms with Gasteiger partial charge in [-0.15, -0.1) is 24.0 Å². The number of nitrogens with zero attached hydrogens (tertiary/aromatic N) is 7. The van der Waals surface area contributed by atoms with Gasteiger partial charge in [0.05, 0.1) is 12.2 Å². The van der Waals surface area contributed by atoms with Crippen molar-refractivity contribution in [2.24, 2.45) is 4.99 Å². The minimum atomic E-state index is 0. The van der Waals surface area contributed by atoms with Crippen LogP contribution in [0.4, 0.5) is 5.13 Å². The van der Waals surface area contributed by atoms with Gasteiger partial charge in [0.25, 0.3) is 0 Å². The number of aliphatic imine (C=N–C) groups is 1. The zero-order valence-corrected chi connectivity index (χ0v) is 21.1. The molecule has 3 aromatic rings. The second kappa shape index (κ2) is 11.4. The van der Waals surface area contributed by atoms with E-state index in [2.05, 4.69) is 61.6 Å². The third kappa shape index (κ3) is 5.73. The Morgan fingerprint density at radius 2 is 1.94 bits per heavy atom. The van der Waals surface area contributed by atoms with Crippen LogP contribution in [-0.4, -0.2) is 62.7 Å². The predicted octanol–water partition coefficient (Wildman–Crippen LogP) is 3.19. The van der Waals surface area contributed by atoms with Gasteiger partial charge in [-0.1, -0.05) is 25.1 Å². The Hall–Kier alpha value is -2.21. The molecule has 0 atom stereocenters. The number of anilines is 1. The molecule has 0 saturated carbocycles. The highest BCUT2D eigenvalue weighted by molar-refractivity contribution is 14.0. The molecular formula is C21H29IN8S. The summed E-state index contributed by atoms with van der Waals surface area (Å²) < 4.78 is 6.31. The van der Waals surface area contributed by atoms with E-state index in [-0.39, 0.29) is 24.0 Å². The van der Waals surface area contributed by atoms with E-state index in [1.165, 1.54) is 11.5 Å². The molecule has 166 valence electrons. The first-order chi connectivity index (χ1) is 14.8. The van der Waals surface area contributed by atoms with Gasteiger partial charge in [-0.05, 0) is 24.6 Å². The molecule has 0 aliphatic carbocycles. The summed E-state index contributed by atoms with van der Waals surface area (Å²) in [6, 6.07) is 10.2. The summed E-state index contributed by atoms with van der Waals surface area (Å²) in [4.78, 5) is 14.2. The van der Waals surface area contributed by atoms with Crippen molar-refractivity contribution in [2.45, 2.75) is 26.8 Å². The number of aryl methyl sites for hydroxylation is 1. The van der Waals surface area contributed by atoms with Gasteiger partial charge in [0.2, 0.25) is 5.13 Å². The number of guanidine groups is 1. The van der Waals surface area contributed by atoms with Crippen molar-refractivity contribution in [1.29, 1.82) is 0 Å². The number of benzene rings is 1. The van der Waals surface area contributed by atoms with Crippen LogP contribution in [0.25, 0.3) is 5.69 Å². The Morgan fingerprint density at radius 3 is 2.61 bits per heavy atom. The standard InChI is InChI=1S/C21H28N8S.HI/c1-3-19-25-21(30-26-19)28-14-12-27(13-15-28)20(22-4-2)23-16-17-8-5-6-9-18(17)29-11-7-10-24-29;/h5-11H,3-4,12-16H2,1-2H3,(H,22,23);1H. The van der Waals surface area contributed by atoms with Gasteiger partial charge >= 0.3 is 0 Å². The van der Waals surface area contributed by atoms with E-state index in [4.69, 9.17) is 4.99 Å². The maximum absolute atomic E-state index is 4.94. The van der Waals surface area contributed by atoms with Crippen molar-refractivity contribution in [3.63, 3.8) is 0 Å². The van der Waals surface area contributed by atoms with Crippen LogP contribution in [0.3, 0.4) is 0 Å². The van der Waals surface area contributed by atoms with E-state index in [9.17, 15) is 0 Å². The molecule has 1 fully saturated rings. The first-order valence-corrected chi connectivity index (χ1v) is 11.2. The van der Waals surface area contributed by atoms with Gasteiger partial charge in [0.1, 0.15) is 5.82 Å². The van der Waals surface area contributed by atoms with Crippen molar-refractivity contribution < 1.29 is 0 Å². The number of piperazine rings is 1. The maximum atomic E-state index is 4.94. The maximum Gasteiger partial charge on any atom is 0.205 e. The van der Waals surface area contributed by atoms with Crippen LogP contribution in [0.5, 0.6) is 0 Å². The summed E-state index contributed by atoms with van der Waals surface area (Å²) in [6.07, 6.45) is 4.64. The largest absolute Gasteiger partial charge is 0.357 e. The fraction of sp³-hybridized carbons (Fsp3) is 0.429. The van der Waals surface area contributed by atoms with Crippen LogP contribution < -0.4 is 10.2 Å². The molecule has 31 heavy (non-hydrogen) atoms. The zero-order chi connectivity index (χ0) is 20.8. The van der Waals surface area contributed by atoms with Crippen molar-refractivity contribution in [1.82, 2.24) is 29.4 Å². The zero-order valence-electron chi connectivity index (χ0n) is 17.9. The predicted molar refractivity (Wildman–Crippen MR) is 137 cm³/mol. The molecule has 0 unspecified atom stereocenters. The molecule has 10 heteroatoms.